The molecule has 0 nitrogen and oxygen atoms in total. The van der Waals surface area contributed by atoms with Crippen LogP contribution in [0.1, 0.15) is 38.7 Å². The Balaban J connectivity index is 2.01. The molecule has 2 rings (SSSR count). The Morgan fingerprint density at radius 1 is 1.00 bits per heavy atom. The van der Waals surface area contributed by atoms with Gasteiger partial charge in [-0.05, 0) is 42.0 Å². The zero-order valence-electron chi connectivity index (χ0n) is 12.7. The minimum Gasteiger partial charge on any atom is -0.207 e. The summed E-state index contributed by atoms with van der Waals surface area (Å²) in [6, 6.07) is 11.6. The number of benzene rings is 2. The summed E-state index contributed by atoms with van der Waals surface area (Å²) in [4.78, 5) is 0. The third-order valence-corrected chi connectivity index (χ3v) is 4.06. The van der Waals surface area contributed by atoms with Crippen molar-refractivity contribution in [1.82, 2.24) is 0 Å². The van der Waals surface area contributed by atoms with Gasteiger partial charge in [0.2, 0.25) is 0 Å². The van der Waals surface area contributed by atoms with Gasteiger partial charge in [0, 0.05) is 11.6 Å². The normalized spacial score (nSPS) is 12.4. The number of aryl methyl sites for hydroxylation is 1. The molecule has 0 spiro atoms. The standard InChI is InChI=1S/C19H22F2/c1-3-14(2)5-4-6-15-7-9-16(10-8-15)18-12-11-17(20)13-19(18)21/h7-14H,3-6H2,1-2H3. The molecule has 0 saturated heterocycles. The molecule has 1 atom stereocenters. The molecule has 0 aliphatic rings. The van der Waals surface area contributed by atoms with Crippen LogP contribution in [0.3, 0.4) is 0 Å². The Hall–Kier alpha value is -1.70. The molecular weight excluding hydrogens is 266 g/mol. The summed E-state index contributed by atoms with van der Waals surface area (Å²) >= 11 is 0. The first kappa shape index (κ1) is 15.7. The van der Waals surface area contributed by atoms with Gasteiger partial charge in [0.1, 0.15) is 11.6 Å². The summed E-state index contributed by atoms with van der Waals surface area (Å²) in [5, 5.41) is 0. The van der Waals surface area contributed by atoms with Crippen molar-refractivity contribution in [3.05, 3.63) is 59.7 Å². The monoisotopic (exact) mass is 288 g/mol. The van der Waals surface area contributed by atoms with E-state index in [2.05, 4.69) is 13.8 Å². The largest absolute Gasteiger partial charge is 0.207 e. The first-order valence-corrected chi connectivity index (χ1v) is 7.64. The zero-order chi connectivity index (χ0) is 15.2. The van der Waals surface area contributed by atoms with E-state index in [-0.39, 0.29) is 0 Å². The van der Waals surface area contributed by atoms with Crippen LogP contribution >= 0.6 is 0 Å². The van der Waals surface area contributed by atoms with Crippen molar-refractivity contribution in [1.29, 1.82) is 0 Å². The molecule has 21 heavy (non-hydrogen) atoms. The third kappa shape index (κ3) is 4.38. The van der Waals surface area contributed by atoms with Crippen molar-refractivity contribution in [2.45, 2.75) is 39.5 Å². The van der Waals surface area contributed by atoms with Gasteiger partial charge >= 0.3 is 0 Å². The topological polar surface area (TPSA) is 0 Å². The van der Waals surface area contributed by atoms with Crippen LogP contribution in [0.2, 0.25) is 0 Å². The Labute approximate surface area is 125 Å². The van der Waals surface area contributed by atoms with Crippen molar-refractivity contribution in [3.63, 3.8) is 0 Å². The van der Waals surface area contributed by atoms with Gasteiger partial charge < -0.3 is 0 Å². The average Bonchev–Trinajstić information content (AvgIpc) is 2.48. The van der Waals surface area contributed by atoms with E-state index in [1.54, 1.807) is 0 Å². The molecule has 0 aliphatic carbocycles. The SMILES string of the molecule is CCC(C)CCCc1ccc(-c2ccc(F)cc2F)cc1. The summed E-state index contributed by atoms with van der Waals surface area (Å²) in [5.74, 6) is -0.282. The van der Waals surface area contributed by atoms with Gasteiger partial charge in [0.25, 0.3) is 0 Å². The molecule has 0 aromatic heterocycles. The molecular formula is C19H22F2. The number of hydrogen-bond acceptors (Lipinski definition) is 0. The van der Waals surface area contributed by atoms with E-state index in [9.17, 15) is 8.78 Å². The maximum absolute atomic E-state index is 13.7. The van der Waals surface area contributed by atoms with Crippen molar-refractivity contribution in [2.75, 3.05) is 0 Å². The molecule has 0 fully saturated rings. The van der Waals surface area contributed by atoms with E-state index in [0.29, 0.717) is 5.56 Å². The summed E-state index contributed by atoms with van der Waals surface area (Å²) < 4.78 is 26.6. The molecule has 0 saturated carbocycles. The van der Waals surface area contributed by atoms with E-state index in [0.717, 1.165) is 24.0 Å². The van der Waals surface area contributed by atoms with Crippen LogP contribution in [0.15, 0.2) is 42.5 Å². The predicted octanol–water partition coefficient (Wildman–Crippen LogP) is 6.00. The Kier molecular flexibility index (Phi) is 5.49. The van der Waals surface area contributed by atoms with Crippen LogP contribution in [0.4, 0.5) is 8.78 Å². The van der Waals surface area contributed by atoms with Gasteiger partial charge in [0.15, 0.2) is 0 Å². The molecule has 2 aromatic rings. The first-order valence-electron chi connectivity index (χ1n) is 7.64. The molecule has 0 heterocycles. The lowest BCUT2D eigenvalue weighted by molar-refractivity contribution is 0.496. The molecule has 0 bridgehead atoms. The summed E-state index contributed by atoms with van der Waals surface area (Å²) in [6.07, 6.45) is 4.70. The summed E-state index contributed by atoms with van der Waals surface area (Å²) in [5.41, 5.74) is 2.50. The van der Waals surface area contributed by atoms with E-state index in [4.69, 9.17) is 0 Å². The quantitative estimate of drug-likeness (QED) is 0.611. The number of rotatable bonds is 6. The predicted molar refractivity (Wildman–Crippen MR) is 84.2 cm³/mol. The second-order valence-corrected chi connectivity index (χ2v) is 5.73. The van der Waals surface area contributed by atoms with Crippen LogP contribution in [0.25, 0.3) is 11.1 Å². The van der Waals surface area contributed by atoms with Gasteiger partial charge in [0.05, 0.1) is 0 Å². The highest BCUT2D eigenvalue weighted by Gasteiger charge is 2.06. The highest BCUT2D eigenvalue weighted by molar-refractivity contribution is 5.64. The maximum atomic E-state index is 13.7. The molecule has 0 amide bonds. The van der Waals surface area contributed by atoms with Crippen LogP contribution in [-0.2, 0) is 6.42 Å². The Morgan fingerprint density at radius 3 is 2.33 bits per heavy atom. The fourth-order valence-corrected chi connectivity index (χ4v) is 2.43. The van der Waals surface area contributed by atoms with Gasteiger partial charge in [-0.2, -0.15) is 0 Å². The zero-order valence-corrected chi connectivity index (χ0v) is 12.7. The van der Waals surface area contributed by atoms with Crippen molar-refractivity contribution in [3.8, 4) is 11.1 Å². The summed E-state index contributed by atoms with van der Waals surface area (Å²) in [6.45, 7) is 4.50. The van der Waals surface area contributed by atoms with E-state index in [1.807, 2.05) is 24.3 Å². The van der Waals surface area contributed by atoms with Crippen LogP contribution < -0.4 is 0 Å². The van der Waals surface area contributed by atoms with Gasteiger partial charge in [-0.15, -0.1) is 0 Å². The molecule has 2 aromatic carbocycles. The molecule has 0 radical (unpaired) electrons. The fraction of sp³-hybridized carbons (Fsp3) is 0.368. The van der Waals surface area contributed by atoms with Crippen molar-refractivity contribution < 1.29 is 8.78 Å². The van der Waals surface area contributed by atoms with Gasteiger partial charge in [-0.1, -0.05) is 51.0 Å². The smallest absolute Gasteiger partial charge is 0.133 e. The second-order valence-electron chi connectivity index (χ2n) is 5.73. The third-order valence-electron chi connectivity index (χ3n) is 4.06. The molecule has 0 aliphatic heterocycles. The maximum Gasteiger partial charge on any atom is 0.133 e. The average molecular weight is 288 g/mol. The fourth-order valence-electron chi connectivity index (χ4n) is 2.43. The minimum atomic E-state index is -0.544. The van der Waals surface area contributed by atoms with E-state index in [1.165, 1.54) is 37.0 Å². The van der Waals surface area contributed by atoms with Crippen LogP contribution in [0.5, 0.6) is 0 Å². The van der Waals surface area contributed by atoms with Crippen molar-refractivity contribution in [2.24, 2.45) is 5.92 Å². The highest BCUT2D eigenvalue weighted by atomic mass is 19.1. The number of halogens is 2. The number of hydrogen-bond donors (Lipinski definition) is 0. The first-order chi connectivity index (χ1) is 10.1. The lowest BCUT2D eigenvalue weighted by atomic mass is 9.97. The Bertz CT molecular complexity index is 573. The Morgan fingerprint density at radius 2 is 1.71 bits per heavy atom. The van der Waals surface area contributed by atoms with Gasteiger partial charge in [-0.25, -0.2) is 8.78 Å². The van der Waals surface area contributed by atoms with E-state index < -0.39 is 11.6 Å². The minimum absolute atomic E-state index is 0.447. The molecule has 2 heteroatoms. The summed E-state index contributed by atoms with van der Waals surface area (Å²) in [7, 11) is 0. The molecule has 112 valence electrons. The lowest BCUT2D eigenvalue weighted by Gasteiger charge is -2.09. The van der Waals surface area contributed by atoms with Gasteiger partial charge in [-0.3, -0.25) is 0 Å². The van der Waals surface area contributed by atoms with Crippen LogP contribution in [-0.4, -0.2) is 0 Å². The second kappa shape index (κ2) is 7.35. The van der Waals surface area contributed by atoms with E-state index >= 15 is 0 Å². The van der Waals surface area contributed by atoms with Crippen LogP contribution in [0, 0.1) is 17.6 Å². The van der Waals surface area contributed by atoms with Crippen molar-refractivity contribution >= 4 is 0 Å². The lowest BCUT2D eigenvalue weighted by Crippen LogP contribution is -1.94. The highest BCUT2D eigenvalue weighted by Crippen LogP contribution is 2.24. The molecule has 1 unspecified atom stereocenters. The molecule has 0 N–H and O–H groups in total.